The molecule has 0 aromatic heterocycles. The lowest BCUT2D eigenvalue weighted by molar-refractivity contribution is -0.116. The molecule has 0 bridgehead atoms. The molecule has 3 rings (SSSR count). The summed E-state index contributed by atoms with van der Waals surface area (Å²) in [6.07, 6.45) is 0. The van der Waals surface area contributed by atoms with Gasteiger partial charge in [-0.2, -0.15) is 0 Å². The van der Waals surface area contributed by atoms with Crippen molar-refractivity contribution >= 4 is 27.3 Å². The summed E-state index contributed by atoms with van der Waals surface area (Å²) in [7, 11) is 0.493. The largest absolute Gasteiger partial charge is 0.497 e. The van der Waals surface area contributed by atoms with E-state index < -0.39 is 22.5 Å². The molecule has 162 valence electrons. The van der Waals surface area contributed by atoms with Crippen molar-refractivity contribution in [3.05, 3.63) is 78.9 Å². The van der Waals surface area contributed by atoms with Gasteiger partial charge < -0.3 is 14.4 Å². The quantitative estimate of drug-likeness (QED) is 0.535. The third-order valence-corrected chi connectivity index (χ3v) is 6.57. The highest BCUT2D eigenvalue weighted by Crippen LogP contribution is 2.32. The first-order chi connectivity index (χ1) is 14.9. The summed E-state index contributed by atoms with van der Waals surface area (Å²) >= 11 is 0. The Balaban J connectivity index is 2.03. The molecule has 7 nitrogen and oxygen atoms in total. The molecule has 0 N–H and O–H groups in total. The highest BCUT2D eigenvalue weighted by Gasteiger charge is 2.30. The average Bonchev–Trinajstić information content (AvgIpc) is 2.82. The normalized spacial score (nSPS) is 10.9. The lowest BCUT2D eigenvalue weighted by atomic mass is 10.2. The van der Waals surface area contributed by atoms with Gasteiger partial charge in [0.15, 0.2) is 0 Å². The van der Waals surface area contributed by atoms with Crippen LogP contribution in [0.4, 0.5) is 11.4 Å². The van der Waals surface area contributed by atoms with E-state index in [1.165, 1.54) is 31.3 Å². The topological polar surface area (TPSA) is 76.2 Å². The zero-order valence-electron chi connectivity index (χ0n) is 17.6. The summed E-state index contributed by atoms with van der Waals surface area (Å²) in [5, 5.41) is 0. The smallest absolute Gasteiger partial charge is 0.264 e. The Labute approximate surface area is 182 Å². The van der Waals surface area contributed by atoms with Gasteiger partial charge in [0.2, 0.25) is 5.91 Å². The molecule has 0 unspecified atom stereocenters. The Bertz CT molecular complexity index is 1130. The molecule has 0 atom stereocenters. The van der Waals surface area contributed by atoms with Crippen molar-refractivity contribution in [1.29, 1.82) is 0 Å². The van der Waals surface area contributed by atoms with E-state index in [0.717, 1.165) is 4.31 Å². The lowest BCUT2D eigenvalue weighted by Gasteiger charge is -2.27. The van der Waals surface area contributed by atoms with Crippen molar-refractivity contribution < 1.29 is 22.7 Å². The van der Waals surface area contributed by atoms with Crippen LogP contribution in [0.1, 0.15) is 0 Å². The number of methoxy groups -OCH3 is 2. The summed E-state index contributed by atoms with van der Waals surface area (Å²) in [6, 6.07) is 21.7. The van der Waals surface area contributed by atoms with E-state index >= 15 is 0 Å². The number of ether oxygens (including phenoxy) is 2. The van der Waals surface area contributed by atoms with Crippen molar-refractivity contribution in [3.63, 3.8) is 0 Å². The highest BCUT2D eigenvalue weighted by atomic mass is 32.2. The number of hydrogen-bond acceptors (Lipinski definition) is 5. The first-order valence-electron chi connectivity index (χ1n) is 9.50. The van der Waals surface area contributed by atoms with Crippen LogP contribution >= 0.6 is 0 Å². The van der Waals surface area contributed by atoms with Crippen LogP contribution in [0.2, 0.25) is 0 Å². The van der Waals surface area contributed by atoms with Crippen molar-refractivity contribution in [1.82, 2.24) is 0 Å². The number of hydrogen-bond donors (Lipinski definition) is 0. The van der Waals surface area contributed by atoms with Gasteiger partial charge in [-0.1, -0.05) is 30.3 Å². The molecular weight excluding hydrogens is 416 g/mol. The predicted octanol–water partition coefficient (Wildman–Crippen LogP) is 3.56. The minimum atomic E-state index is -4.07. The van der Waals surface area contributed by atoms with Gasteiger partial charge in [-0.05, 0) is 48.5 Å². The molecule has 0 radical (unpaired) electrons. The van der Waals surface area contributed by atoms with E-state index in [9.17, 15) is 13.2 Å². The second-order valence-electron chi connectivity index (χ2n) is 6.65. The Morgan fingerprint density at radius 1 is 0.839 bits per heavy atom. The molecule has 0 spiro atoms. The Morgan fingerprint density at radius 3 is 2.06 bits per heavy atom. The van der Waals surface area contributed by atoms with E-state index in [1.54, 1.807) is 55.6 Å². The minimum absolute atomic E-state index is 0.0365. The number of likely N-dealkylation sites (N-methyl/N-ethyl adjacent to an activating group) is 1. The van der Waals surface area contributed by atoms with Gasteiger partial charge in [0.05, 0.1) is 24.8 Å². The summed E-state index contributed by atoms with van der Waals surface area (Å²) in [4.78, 5) is 14.5. The highest BCUT2D eigenvalue weighted by molar-refractivity contribution is 7.92. The van der Waals surface area contributed by atoms with Crippen molar-refractivity contribution in [2.45, 2.75) is 4.90 Å². The maximum Gasteiger partial charge on any atom is 0.264 e. The Hall–Kier alpha value is -3.52. The standard InChI is InChI=1S/C23H24N2O5S/c1-24(18-9-5-4-6-10-18)23(26)17-25(21-11-7-8-12-22(21)30-3)31(27,28)20-15-13-19(29-2)14-16-20/h4-16H,17H2,1-3H3. The van der Waals surface area contributed by atoms with Gasteiger partial charge in [0.1, 0.15) is 18.0 Å². The molecule has 31 heavy (non-hydrogen) atoms. The SMILES string of the molecule is COc1ccc(S(=O)(=O)N(CC(=O)N(C)c2ccccc2)c2ccccc2OC)cc1. The number of amides is 1. The van der Waals surface area contributed by atoms with E-state index in [2.05, 4.69) is 0 Å². The molecule has 0 fully saturated rings. The van der Waals surface area contributed by atoms with Crippen LogP contribution < -0.4 is 18.7 Å². The monoisotopic (exact) mass is 440 g/mol. The number of rotatable bonds is 8. The van der Waals surface area contributed by atoms with E-state index in [-0.39, 0.29) is 10.6 Å². The number of benzene rings is 3. The van der Waals surface area contributed by atoms with Crippen LogP contribution in [-0.2, 0) is 14.8 Å². The maximum atomic E-state index is 13.6. The van der Waals surface area contributed by atoms with Gasteiger partial charge >= 0.3 is 0 Å². The Morgan fingerprint density at radius 2 is 1.45 bits per heavy atom. The first-order valence-corrected chi connectivity index (χ1v) is 10.9. The van der Waals surface area contributed by atoms with E-state index in [1.807, 2.05) is 18.2 Å². The van der Waals surface area contributed by atoms with Crippen molar-refractivity contribution in [3.8, 4) is 11.5 Å². The number of nitrogens with zero attached hydrogens (tertiary/aromatic N) is 2. The molecule has 3 aromatic rings. The zero-order valence-corrected chi connectivity index (χ0v) is 18.4. The molecule has 1 amide bonds. The molecular formula is C23H24N2O5S. The van der Waals surface area contributed by atoms with Gasteiger partial charge in [-0.15, -0.1) is 0 Å². The van der Waals surface area contributed by atoms with Crippen LogP contribution in [-0.4, -0.2) is 42.1 Å². The van der Waals surface area contributed by atoms with E-state index in [4.69, 9.17) is 9.47 Å². The molecule has 8 heteroatoms. The molecule has 0 aliphatic rings. The fraction of sp³-hybridized carbons (Fsp3) is 0.174. The molecule has 0 saturated carbocycles. The number of anilines is 2. The van der Waals surface area contributed by atoms with Gasteiger partial charge in [-0.25, -0.2) is 8.42 Å². The molecule has 0 heterocycles. The molecule has 3 aromatic carbocycles. The minimum Gasteiger partial charge on any atom is -0.497 e. The zero-order chi connectivity index (χ0) is 22.4. The van der Waals surface area contributed by atoms with Gasteiger partial charge in [0, 0.05) is 12.7 Å². The van der Waals surface area contributed by atoms with Crippen LogP contribution in [0.3, 0.4) is 0 Å². The van der Waals surface area contributed by atoms with Crippen LogP contribution in [0.15, 0.2) is 83.8 Å². The number of carbonyl (C=O) groups excluding carboxylic acids is 1. The van der Waals surface area contributed by atoms with Crippen molar-refractivity contribution in [2.24, 2.45) is 0 Å². The summed E-state index contributed by atoms with van der Waals surface area (Å²) < 4.78 is 38.7. The fourth-order valence-electron chi connectivity index (χ4n) is 3.03. The fourth-order valence-corrected chi connectivity index (χ4v) is 4.46. The number of para-hydroxylation sites is 3. The summed E-state index contributed by atoms with van der Waals surface area (Å²) in [6.45, 7) is -0.403. The van der Waals surface area contributed by atoms with Gasteiger partial charge in [0.25, 0.3) is 10.0 Å². The lowest BCUT2D eigenvalue weighted by Crippen LogP contribution is -2.42. The summed E-state index contributed by atoms with van der Waals surface area (Å²) in [5.74, 6) is 0.478. The molecule has 0 aliphatic carbocycles. The van der Waals surface area contributed by atoms with Gasteiger partial charge in [-0.3, -0.25) is 9.10 Å². The maximum absolute atomic E-state index is 13.6. The second kappa shape index (κ2) is 9.53. The predicted molar refractivity (Wildman–Crippen MR) is 120 cm³/mol. The van der Waals surface area contributed by atoms with Crippen LogP contribution in [0.25, 0.3) is 0 Å². The first kappa shape index (κ1) is 22.2. The molecule has 0 saturated heterocycles. The van der Waals surface area contributed by atoms with Crippen LogP contribution in [0, 0.1) is 0 Å². The van der Waals surface area contributed by atoms with Crippen molar-refractivity contribution in [2.75, 3.05) is 37.0 Å². The summed E-state index contributed by atoms with van der Waals surface area (Å²) in [5.41, 5.74) is 0.935. The third-order valence-electron chi connectivity index (χ3n) is 4.80. The number of sulfonamides is 1. The third kappa shape index (κ3) is 4.80. The van der Waals surface area contributed by atoms with Crippen LogP contribution in [0.5, 0.6) is 11.5 Å². The van der Waals surface area contributed by atoms with E-state index in [0.29, 0.717) is 17.2 Å². The Kier molecular flexibility index (Phi) is 6.81. The second-order valence-corrected chi connectivity index (χ2v) is 8.51. The average molecular weight is 441 g/mol. The molecule has 0 aliphatic heterocycles. The number of carbonyl (C=O) groups is 1.